The lowest BCUT2D eigenvalue weighted by atomic mass is 10.2. The average molecular weight is 444 g/mol. The van der Waals surface area contributed by atoms with Crippen LogP contribution in [-0.4, -0.2) is 23.4 Å². The van der Waals surface area contributed by atoms with E-state index in [0.717, 1.165) is 17.8 Å². The van der Waals surface area contributed by atoms with Crippen LogP contribution in [0.5, 0.6) is 0 Å². The van der Waals surface area contributed by atoms with Crippen LogP contribution in [0.15, 0.2) is 45.9 Å². The lowest BCUT2D eigenvalue weighted by molar-refractivity contribution is -0.137. The number of carbonyl (C=O) groups is 1. The van der Waals surface area contributed by atoms with Crippen LogP contribution < -0.4 is 0 Å². The highest BCUT2D eigenvalue weighted by Crippen LogP contribution is 2.33. The molecule has 3 nitrogen and oxygen atoms in total. The molecular weight excluding hydrogens is 431 g/mol. The quantitative estimate of drug-likeness (QED) is 0.404. The van der Waals surface area contributed by atoms with Crippen LogP contribution >= 0.6 is 27.7 Å². The van der Waals surface area contributed by atoms with E-state index in [9.17, 15) is 18.0 Å². The van der Waals surface area contributed by atoms with Crippen molar-refractivity contribution in [3.8, 4) is 0 Å². The van der Waals surface area contributed by atoms with Crippen LogP contribution in [0.25, 0.3) is 10.9 Å². The van der Waals surface area contributed by atoms with Crippen LogP contribution in [-0.2, 0) is 16.1 Å². The highest BCUT2D eigenvalue weighted by molar-refractivity contribution is 9.10. The summed E-state index contributed by atoms with van der Waals surface area (Å²) in [7, 11) is 1.26. The minimum Gasteiger partial charge on any atom is -0.468 e. The van der Waals surface area contributed by atoms with Gasteiger partial charge in [0.1, 0.15) is 17.5 Å². The zero-order chi connectivity index (χ0) is 18.8. The molecule has 0 unspecified atom stereocenters. The Bertz CT molecular complexity index is 990. The predicted octanol–water partition coefficient (Wildman–Crippen LogP) is 5.13. The predicted molar refractivity (Wildman–Crippen MR) is 97.8 cm³/mol. The van der Waals surface area contributed by atoms with Crippen molar-refractivity contribution in [2.24, 2.45) is 0 Å². The van der Waals surface area contributed by atoms with E-state index in [0.29, 0.717) is 14.9 Å². The smallest absolute Gasteiger partial charge is 0.315 e. The van der Waals surface area contributed by atoms with E-state index < -0.39 is 23.4 Å². The molecule has 0 saturated carbocycles. The SMILES string of the molecule is COC(=O)CSc1cn(Cc2ccc(Br)cc2F)c2cc(F)cc(F)c12. The normalized spacial score (nSPS) is 11.1. The molecule has 0 fully saturated rings. The van der Waals surface area contributed by atoms with Gasteiger partial charge in [-0.2, -0.15) is 0 Å². The minimum atomic E-state index is -0.734. The van der Waals surface area contributed by atoms with Crippen LogP contribution in [0, 0.1) is 17.5 Å². The summed E-state index contributed by atoms with van der Waals surface area (Å²) in [6, 6.07) is 6.60. The van der Waals surface area contributed by atoms with Crippen LogP contribution in [0.2, 0.25) is 0 Å². The Morgan fingerprint density at radius 3 is 2.65 bits per heavy atom. The van der Waals surface area contributed by atoms with Gasteiger partial charge < -0.3 is 9.30 Å². The van der Waals surface area contributed by atoms with Crippen molar-refractivity contribution in [2.45, 2.75) is 11.4 Å². The van der Waals surface area contributed by atoms with E-state index in [-0.39, 0.29) is 23.2 Å². The van der Waals surface area contributed by atoms with Crippen LogP contribution in [0.3, 0.4) is 0 Å². The van der Waals surface area contributed by atoms with Gasteiger partial charge in [-0.15, -0.1) is 11.8 Å². The number of nitrogens with zero attached hydrogens (tertiary/aromatic N) is 1. The maximum atomic E-state index is 14.3. The highest BCUT2D eigenvalue weighted by atomic mass is 79.9. The third-order valence-electron chi connectivity index (χ3n) is 3.79. The van der Waals surface area contributed by atoms with Gasteiger partial charge in [-0.05, 0) is 18.2 Å². The standard InChI is InChI=1S/C18H13BrF3NO2S/c1-25-17(24)9-26-16-8-23(7-10-2-3-11(19)4-13(10)21)15-6-12(20)5-14(22)18(15)16/h2-6,8H,7,9H2,1H3. The van der Waals surface area contributed by atoms with E-state index in [1.54, 1.807) is 22.9 Å². The molecule has 0 aliphatic carbocycles. The Kier molecular flexibility index (Phi) is 5.62. The first-order valence-electron chi connectivity index (χ1n) is 7.50. The molecule has 1 aromatic heterocycles. The van der Waals surface area contributed by atoms with Gasteiger partial charge in [0.15, 0.2) is 0 Å². The lowest BCUT2D eigenvalue weighted by Crippen LogP contribution is -2.02. The van der Waals surface area contributed by atoms with Gasteiger partial charge >= 0.3 is 5.97 Å². The number of hydrogen-bond acceptors (Lipinski definition) is 3. The first-order chi connectivity index (χ1) is 12.4. The zero-order valence-corrected chi connectivity index (χ0v) is 16.0. The summed E-state index contributed by atoms with van der Waals surface area (Å²) in [5, 5.41) is 0.192. The summed E-state index contributed by atoms with van der Waals surface area (Å²) in [5.41, 5.74) is 0.663. The number of carbonyl (C=O) groups excluding carboxylic acids is 1. The molecule has 0 spiro atoms. The van der Waals surface area contributed by atoms with Crippen molar-refractivity contribution >= 4 is 44.6 Å². The van der Waals surface area contributed by atoms with Gasteiger partial charge in [-0.1, -0.05) is 22.0 Å². The van der Waals surface area contributed by atoms with Gasteiger partial charge in [0.2, 0.25) is 0 Å². The Labute approximate surface area is 160 Å². The number of hydrogen-bond donors (Lipinski definition) is 0. The number of benzene rings is 2. The molecule has 1 heterocycles. The molecule has 0 amide bonds. The number of aromatic nitrogens is 1. The second-order valence-corrected chi connectivity index (χ2v) is 7.44. The van der Waals surface area contributed by atoms with Crippen molar-refractivity contribution in [1.82, 2.24) is 4.57 Å². The van der Waals surface area contributed by atoms with Gasteiger partial charge in [0, 0.05) is 32.6 Å². The minimum absolute atomic E-state index is 0.0148. The van der Waals surface area contributed by atoms with Crippen LogP contribution in [0.4, 0.5) is 13.2 Å². The summed E-state index contributed by atoms with van der Waals surface area (Å²) >= 11 is 4.27. The third kappa shape index (κ3) is 3.91. The fraction of sp³-hybridized carbons (Fsp3) is 0.167. The number of ether oxygens (including phenoxy) is 1. The van der Waals surface area contributed by atoms with Gasteiger partial charge in [0.25, 0.3) is 0 Å². The maximum Gasteiger partial charge on any atom is 0.315 e. The van der Waals surface area contributed by atoms with E-state index in [1.807, 2.05) is 0 Å². The first-order valence-corrected chi connectivity index (χ1v) is 9.28. The zero-order valence-electron chi connectivity index (χ0n) is 13.6. The molecule has 3 aromatic rings. The second kappa shape index (κ2) is 7.75. The summed E-state index contributed by atoms with van der Waals surface area (Å²) in [4.78, 5) is 11.8. The van der Waals surface area contributed by atoms with Crippen molar-refractivity contribution in [1.29, 1.82) is 0 Å². The first kappa shape index (κ1) is 18.8. The topological polar surface area (TPSA) is 31.2 Å². The summed E-state index contributed by atoms with van der Waals surface area (Å²) in [6.07, 6.45) is 1.59. The Hall–Kier alpha value is -1.93. The number of esters is 1. The molecule has 2 aromatic carbocycles. The molecule has 0 atom stereocenters. The van der Waals surface area contributed by atoms with Crippen molar-refractivity contribution in [2.75, 3.05) is 12.9 Å². The van der Waals surface area contributed by atoms with Gasteiger partial charge in [-0.25, -0.2) is 13.2 Å². The monoisotopic (exact) mass is 443 g/mol. The number of fused-ring (bicyclic) bond motifs is 1. The molecule has 0 N–H and O–H groups in total. The highest BCUT2D eigenvalue weighted by Gasteiger charge is 2.17. The molecule has 8 heteroatoms. The van der Waals surface area contributed by atoms with E-state index >= 15 is 0 Å². The maximum absolute atomic E-state index is 14.3. The second-order valence-electron chi connectivity index (χ2n) is 5.50. The fourth-order valence-electron chi connectivity index (χ4n) is 2.58. The molecule has 0 bridgehead atoms. The molecule has 3 rings (SSSR count). The summed E-state index contributed by atoms with van der Waals surface area (Å²) in [6.45, 7) is 0.0945. The molecular formula is C18H13BrF3NO2S. The Morgan fingerprint density at radius 2 is 1.96 bits per heavy atom. The van der Waals surface area contributed by atoms with Crippen molar-refractivity contribution in [3.63, 3.8) is 0 Å². The number of rotatable bonds is 5. The Balaban J connectivity index is 2.05. The van der Waals surface area contributed by atoms with E-state index in [1.165, 1.54) is 19.2 Å². The van der Waals surface area contributed by atoms with Crippen molar-refractivity contribution < 1.29 is 22.7 Å². The Morgan fingerprint density at radius 1 is 1.19 bits per heavy atom. The fourth-order valence-corrected chi connectivity index (χ4v) is 3.85. The van der Waals surface area contributed by atoms with E-state index in [4.69, 9.17) is 0 Å². The lowest BCUT2D eigenvalue weighted by Gasteiger charge is -2.07. The molecule has 0 radical (unpaired) electrons. The number of halogens is 4. The number of thioether (sulfide) groups is 1. The summed E-state index contributed by atoms with van der Waals surface area (Å²) in [5.74, 6) is -2.37. The number of methoxy groups -OCH3 is 1. The molecule has 0 saturated heterocycles. The van der Waals surface area contributed by atoms with Crippen LogP contribution in [0.1, 0.15) is 5.56 Å². The van der Waals surface area contributed by atoms with Gasteiger partial charge in [-0.3, -0.25) is 4.79 Å². The third-order valence-corrected chi connectivity index (χ3v) is 5.29. The molecule has 136 valence electrons. The van der Waals surface area contributed by atoms with Crippen molar-refractivity contribution in [3.05, 3.63) is 64.0 Å². The largest absolute Gasteiger partial charge is 0.468 e. The average Bonchev–Trinajstić information content (AvgIpc) is 2.93. The van der Waals surface area contributed by atoms with E-state index in [2.05, 4.69) is 20.7 Å². The van der Waals surface area contributed by atoms with Gasteiger partial charge in [0.05, 0.1) is 24.9 Å². The molecule has 0 aliphatic rings. The molecule has 0 aliphatic heterocycles. The molecule has 26 heavy (non-hydrogen) atoms. The summed E-state index contributed by atoms with van der Waals surface area (Å²) < 4.78 is 48.9.